The lowest BCUT2D eigenvalue weighted by Gasteiger charge is -2.15. The van der Waals surface area contributed by atoms with Gasteiger partial charge in [0.2, 0.25) is 5.91 Å². The molecule has 1 atom stereocenters. The molecule has 0 radical (unpaired) electrons. The zero-order valence-electron chi connectivity index (χ0n) is 12.3. The predicted octanol–water partition coefficient (Wildman–Crippen LogP) is 2.13. The third kappa shape index (κ3) is 3.72. The van der Waals surface area contributed by atoms with Crippen molar-refractivity contribution >= 4 is 38.9 Å². The summed E-state index contributed by atoms with van der Waals surface area (Å²) in [6, 6.07) is 6.79. The zero-order chi connectivity index (χ0) is 15.6. The van der Waals surface area contributed by atoms with Gasteiger partial charge >= 0.3 is 0 Å². The minimum absolute atomic E-state index is 0.0455. The summed E-state index contributed by atoms with van der Waals surface area (Å²) in [6.45, 7) is 5.42. The lowest BCUT2D eigenvalue weighted by Crippen LogP contribution is -2.46. The van der Waals surface area contributed by atoms with E-state index in [9.17, 15) is 9.59 Å². The molecule has 4 N–H and O–H groups in total. The molecular weight excluding hydrogens is 286 g/mol. The van der Waals surface area contributed by atoms with Crippen LogP contribution in [0, 0.1) is 0 Å². The van der Waals surface area contributed by atoms with Gasteiger partial charge in [-0.1, -0.05) is 0 Å². The van der Waals surface area contributed by atoms with Gasteiger partial charge in [0.15, 0.2) is 0 Å². The third-order valence-electron chi connectivity index (χ3n) is 2.94. The van der Waals surface area contributed by atoms with Crippen molar-refractivity contribution in [3.05, 3.63) is 29.1 Å². The van der Waals surface area contributed by atoms with Crippen LogP contribution in [0.4, 0.5) is 5.69 Å². The minimum atomic E-state index is -0.574. The SMILES string of the molecule is CC(C)NC(=O)C(C)NC(=O)c1cc2cc(N)ccc2s1. The molecule has 2 rings (SSSR count). The summed E-state index contributed by atoms with van der Waals surface area (Å²) >= 11 is 1.38. The Labute approximate surface area is 127 Å². The summed E-state index contributed by atoms with van der Waals surface area (Å²) in [5.74, 6) is -0.440. The highest BCUT2D eigenvalue weighted by molar-refractivity contribution is 7.20. The molecule has 1 aromatic heterocycles. The maximum absolute atomic E-state index is 12.2. The number of nitrogens with one attached hydrogen (secondary N) is 2. The summed E-state index contributed by atoms with van der Waals surface area (Å²) < 4.78 is 0.994. The van der Waals surface area contributed by atoms with Crippen LogP contribution in [0.25, 0.3) is 10.1 Å². The van der Waals surface area contributed by atoms with E-state index in [1.54, 1.807) is 19.1 Å². The number of benzene rings is 1. The molecule has 0 aliphatic rings. The number of carbonyl (C=O) groups is 2. The van der Waals surface area contributed by atoms with Gasteiger partial charge in [-0.15, -0.1) is 11.3 Å². The first-order valence-electron chi connectivity index (χ1n) is 6.77. The van der Waals surface area contributed by atoms with Crippen molar-refractivity contribution in [3.63, 3.8) is 0 Å². The van der Waals surface area contributed by atoms with E-state index in [-0.39, 0.29) is 17.9 Å². The van der Waals surface area contributed by atoms with Gasteiger partial charge in [-0.3, -0.25) is 9.59 Å². The second-order valence-corrected chi connectivity index (χ2v) is 6.35. The van der Waals surface area contributed by atoms with E-state index in [1.165, 1.54) is 11.3 Å². The van der Waals surface area contributed by atoms with Crippen LogP contribution in [0.2, 0.25) is 0 Å². The average molecular weight is 305 g/mol. The first-order valence-corrected chi connectivity index (χ1v) is 7.59. The van der Waals surface area contributed by atoms with Gasteiger partial charge in [0, 0.05) is 16.4 Å². The van der Waals surface area contributed by atoms with E-state index >= 15 is 0 Å². The van der Waals surface area contributed by atoms with E-state index in [2.05, 4.69) is 10.6 Å². The molecule has 0 saturated heterocycles. The Morgan fingerprint density at radius 3 is 2.52 bits per heavy atom. The van der Waals surface area contributed by atoms with Crippen molar-refractivity contribution in [1.82, 2.24) is 10.6 Å². The predicted molar refractivity (Wildman–Crippen MR) is 86.4 cm³/mol. The topological polar surface area (TPSA) is 84.2 Å². The average Bonchev–Trinajstić information content (AvgIpc) is 2.80. The second-order valence-electron chi connectivity index (χ2n) is 5.27. The quantitative estimate of drug-likeness (QED) is 0.757. The van der Waals surface area contributed by atoms with E-state index in [4.69, 9.17) is 5.73 Å². The number of rotatable bonds is 4. The molecule has 1 aromatic carbocycles. The van der Waals surface area contributed by atoms with Crippen LogP contribution in [-0.4, -0.2) is 23.9 Å². The van der Waals surface area contributed by atoms with Crippen LogP contribution in [0.1, 0.15) is 30.4 Å². The van der Waals surface area contributed by atoms with Crippen molar-refractivity contribution in [3.8, 4) is 0 Å². The number of fused-ring (bicyclic) bond motifs is 1. The second kappa shape index (κ2) is 6.13. The third-order valence-corrected chi connectivity index (χ3v) is 4.05. The molecule has 0 spiro atoms. The highest BCUT2D eigenvalue weighted by Crippen LogP contribution is 2.27. The Morgan fingerprint density at radius 2 is 1.86 bits per heavy atom. The smallest absolute Gasteiger partial charge is 0.262 e. The number of amides is 2. The van der Waals surface area contributed by atoms with Gasteiger partial charge in [-0.25, -0.2) is 0 Å². The Balaban J connectivity index is 2.09. The summed E-state index contributed by atoms with van der Waals surface area (Å²) in [5.41, 5.74) is 6.39. The number of carbonyl (C=O) groups excluding carboxylic acids is 2. The number of nitrogens with two attached hydrogens (primary N) is 1. The lowest BCUT2D eigenvalue weighted by molar-refractivity contribution is -0.123. The molecule has 0 aliphatic carbocycles. The zero-order valence-corrected chi connectivity index (χ0v) is 13.1. The normalized spacial score (nSPS) is 12.4. The van der Waals surface area contributed by atoms with Crippen molar-refractivity contribution in [1.29, 1.82) is 0 Å². The summed E-state index contributed by atoms with van der Waals surface area (Å²) in [7, 11) is 0. The summed E-state index contributed by atoms with van der Waals surface area (Å²) in [6.07, 6.45) is 0. The number of anilines is 1. The summed E-state index contributed by atoms with van der Waals surface area (Å²) in [5, 5.41) is 6.41. The largest absolute Gasteiger partial charge is 0.399 e. The van der Waals surface area contributed by atoms with Gasteiger partial charge in [0.1, 0.15) is 6.04 Å². The van der Waals surface area contributed by atoms with E-state index < -0.39 is 6.04 Å². The van der Waals surface area contributed by atoms with Gasteiger partial charge in [0.25, 0.3) is 5.91 Å². The Kier molecular flexibility index (Phi) is 4.47. The highest BCUT2D eigenvalue weighted by atomic mass is 32.1. The van der Waals surface area contributed by atoms with Crippen molar-refractivity contribution in [2.45, 2.75) is 32.9 Å². The van der Waals surface area contributed by atoms with Crippen molar-refractivity contribution in [2.75, 3.05) is 5.73 Å². The highest BCUT2D eigenvalue weighted by Gasteiger charge is 2.18. The summed E-state index contributed by atoms with van der Waals surface area (Å²) in [4.78, 5) is 24.6. The molecule has 0 fully saturated rings. The van der Waals surface area contributed by atoms with Gasteiger partial charge in [-0.05, 0) is 50.4 Å². The molecular formula is C15H19N3O2S. The number of hydrogen-bond acceptors (Lipinski definition) is 4. The Hall–Kier alpha value is -2.08. The first-order chi connectivity index (χ1) is 9.86. The van der Waals surface area contributed by atoms with Crippen molar-refractivity contribution < 1.29 is 9.59 Å². The van der Waals surface area contributed by atoms with Gasteiger partial charge in [0.05, 0.1) is 4.88 Å². The van der Waals surface area contributed by atoms with Crippen LogP contribution >= 0.6 is 11.3 Å². The van der Waals surface area contributed by atoms with E-state index in [1.807, 2.05) is 26.0 Å². The minimum Gasteiger partial charge on any atom is -0.399 e. The fourth-order valence-corrected chi connectivity index (χ4v) is 2.86. The van der Waals surface area contributed by atoms with Crippen LogP contribution in [-0.2, 0) is 4.79 Å². The maximum Gasteiger partial charge on any atom is 0.262 e. The van der Waals surface area contributed by atoms with Crippen LogP contribution in [0.5, 0.6) is 0 Å². The molecule has 112 valence electrons. The Bertz CT molecular complexity index is 679. The van der Waals surface area contributed by atoms with Crippen LogP contribution < -0.4 is 16.4 Å². The molecule has 0 saturated carbocycles. The molecule has 0 bridgehead atoms. The molecule has 2 amide bonds. The number of thiophene rings is 1. The van der Waals surface area contributed by atoms with Gasteiger partial charge < -0.3 is 16.4 Å². The fraction of sp³-hybridized carbons (Fsp3) is 0.333. The van der Waals surface area contributed by atoms with Gasteiger partial charge in [-0.2, -0.15) is 0 Å². The van der Waals surface area contributed by atoms with Crippen LogP contribution in [0.15, 0.2) is 24.3 Å². The fourth-order valence-electron chi connectivity index (χ4n) is 1.92. The van der Waals surface area contributed by atoms with Crippen molar-refractivity contribution in [2.24, 2.45) is 0 Å². The van der Waals surface area contributed by atoms with E-state index in [0.29, 0.717) is 10.6 Å². The standard InChI is InChI=1S/C15H19N3O2S/c1-8(2)17-14(19)9(3)18-15(20)13-7-10-6-11(16)4-5-12(10)21-13/h4-9H,16H2,1-3H3,(H,17,19)(H,18,20). The van der Waals surface area contributed by atoms with E-state index in [0.717, 1.165) is 10.1 Å². The number of nitrogen functional groups attached to an aromatic ring is 1. The molecule has 1 unspecified atom stereocenters. The molecule has 5 nitrogen and oxygen atoms in total. The molecule has 0 aliphatic heterocycles. The lowest BCUT2D eigenvalue weighted by atomic mass is 10.2. The monoisotopic (exact) mass is 305 g/mol. The Morgan fingerprint density at radius 1 is 1.14 bits per heavy atom. The molecule has 21 heavy (non-hydrogen) atoms. The molecule has 1 heterocycles. The molecule has 2 aromatic rings. The first kappa shape index (κ1) is 15.3. The van der Waals surface area contributed by atoms with Crippen LogP contribution in [0.3, 0.4) is 0 Å². The number of hydrogen-bond donors (Lipinski definition) is 3. The molecule has 6 heteroatoms. The maximum atomic E-state index is 12.2.